The van der Waals surface area contributed by atoms with Crippen molar-refractivity contribution in [2.24, 2.45) is 5.92 Å². The Hall–Kier alpha value is -0.980. The molecule has 0 spiro atoms. The van der Waals surface area contributed by atoms with E-state index in [0.29, 0.717) is 17.5 Å². The molecule has 1 fully saturated rings. The number of carbonyl (C=O) groups is 1. The summed E-state index contributed by atoms with van der Waals surface area (Å²) in [6, 6.07) is 3.62. The predicted octanol–water partition coefficient (Wildman–Crippen LogP) is 3.84. The molecule has 0 bridgehead atoms. The largest absolute Gasteiger partial charge is 0.354 e. The van der Waals surface area contributed by atoms with Crippen LogP contribution in [-0.2, 0) is 14.8 Å². The highest BCUT2D eigenvalue weighted by Gasteiger charge is 2.31. The van der Waals surface area contributed by atoms with E-state index in [4.69, 9.17) is 23.2 Å². The lowest BCUT2D eigenvalue weighted by molar-refractivity contribution is -0.122. The van der Waals surface area contributed by atoms with Crippen LogP contribution in [0.2, 0.25) is 10.0 Å². The van der Waals surface area contributed by atoms with Gasteiger partial charge >= 0.3 is 0 Å². The fraction of sp³-hybridized carbons (Fsp3) is 0.588. The SMILES string of the molecule is C[C@H](C(=O)NCC1CCCCC1)N(c1cc(Cl)ccc1Cl)S(C)(=O)=O. The lowest BCUT2D eigenvalue weighted by Gasteiger charge is -2.30. The van der Waals surface area contributed by atoms with Gasteiger partial charge in [0.1, 0.15) is 6.04 Å². The summed E-state index contributed by atoms with van der Waals surface area (Å²) >= 11 is 12.1. The second-order valence-corrected chi connectivity index (χ2v) is 9.28. The van der Waals surface area contributed by atoms with Gasteiger partial charge in [0.2, 0.25) is 15.9 Å². The van der Waals surface area contributed by atoms with Crippen molar-refractivity contribution in [3.8, 4) is 0 Å². The van der Waals surface area contributed by atoms with Crippen molar-refractivity contribution in [3.05, 3.63) is 28.2 Å². The Kier molecular flexibility index (Phi) is 7.00. The molecule has 25 heavy (non-hydrogen) atoms. The first kappa shape index (κ1) is 20.3. The lowest BCUT2D eigenvalue weighted by Crippen LogP contribution is -2.49. The molecule has 1 aliphatic carbocycles. The fourth-order valence-corrected chi connectivity index (χ4v) is 4.82. The van der Waals surface area contributed by atoms with Gasteiger partial charge in [0, 0.05) is 11.6 Å². The molecule has 1 aromatic carbocycles. The van der Waals surface area contributed by atoms with Crippen molar-refractivity contribution in [1.29, 1.82) is 0 Å². The first-order valence-electron chi connectivity index (χ1n) is 8.42. The fourth-order valence-electron chi connectivity index (χ4n) is 3.22. The summed E-state index contributed by atoms with van der Waals surface area (Å²) in [5.74, 6) is 0.124. The highest BCUT2D eigenvalue weighted by Crippen LogP contribution is 2.32. The molecule has 1 amide bonds. The average molecular weight is 407 g/mol. The average Bonchev–Trinajstić information content (AvgIpc) is 2.55. The second-order valence-electron chi connectivity index (χ2n) is 6.58. The number of nitrogens with one attached hydrogen (secondary N) is 1. The van der Waals surface area contributed by atoms with Crippen LogP contribution < -0.4 is 9.62 Å². The van der Waals surface area contributed by atoms with E-state index in [1.54, 1.807) is 13.0 Å². The number of nitrogens with zero attached hydrogens (tertiary/aromatic N) is 1. The summed E-state index contributed by atoms with van der Waals surface area (Å²) in [5.41, 5.74) is 0.206. The summed E-state index contributed by atoms with van der Waals surface area (Å²) in [7, 11) is -3.72. The Labute approximate surface area is 159 Å². The van der Waals surface area contributed by atoms with Crippen molar-refractivity contribution >= 4 is 44.8 Å². The summed E-state index contributed by atoms with van der Waals surface area (Å²) in [6.07, 6.45) is 6.87. The van der Waals surface area contributed by atoms with Crippen LogP contribution in [0.1, 0.15) is 39.0 Å². The molecule has 8 heteroatoms. The molecule has 0 saturated heterocycles. The Morgan fingerprint density at radius 3 is 2.52 bits per heavy atom. The molecule has 140 valence electrons. The minimum atomic E-state index is -3.72. The van der Waals surface area contributed by atoms with E-state index in [9.17, 15) is 13.2 Å². The molecule has 1 N–H and O–H groups in total. The van der Waals surface area contributed by atoms with Crippen LogP contribution in [0.5, 0.6) is 0 Å². The Bertz CT molecular complexity index is 719. The number of hydrogen-bond donors (Lipinski definition) is 1. The summed E-state index contributed by atoms with van der Waals surface area (Å²) in [4.78, 5) is 12.6. The van der Waals surface area contributed by atoms with E-state index in [0.717, 1.165) is 23.4 Å². The normalized spacial score (nSPS) is 17.1. The molecule has 0 aliphatic heterocycles. The van der Waals surface area contributed by atoms with Crippen molar-refractivity contribution in [2.45, 2.75) is 45.1 Å². The molecule has 0 heterocycles. The molecular weight excluding hydrogens is 383 g/mol. The van der Waals surface area contributed by atoms with Crippen molar-refractivity contribution in [2.75, 3.05) is 17.1 Å². The van der Waals surface area contributed by atoms with Gasteiger partial charge in [0.05, 0.1) is 17.0 Å². The zero-order valence-electron chi connectivity index (χ0n) is 14.5. The molecule has 1 aromatic rings. The van der Waals surface area contributed by atoms with Crippen LogP contribution in [0.25, 0.3) is 0 Å². The number of amides is 1. The van der Waals surface area contributed by atoms with Crippen LogP contribution >= 0.6 is 23.2 Å². The van der Waals surface area contributed by atoms with Gasteiger partial charge in [-0.25, -0.2) is 8.42 Å². The molecule has 1 aliphatic rings. The topological polar surface area (TPSA) is 66.5 Å². The molecule has 5 nitrogen and oxygen atoms in total. The van der Waals surface area contributed by atoms with Gasteiger partial charge < -0.3 is 5.32 Å². The third-order valence-corrected chi connectivity index (χ3v) is 6.31. The van der Waals surface area contributed by atoms with Crippen LogP contribution in [0.15, 0.2) is 18.2 Å². The minimum Gasteiger partial charge on any atom is -0.354 e. The molecule has 0 aromatic heterocycles. The van der Waals surface area contributed by atoms with E-state index in [2.05, 4.69) is 5.32 Å². The first-order chi connectivity index (χ1) is 11.7. The number of rotatable bonds is 6. The molecule has 0 unspecified atom stereocenters. The molecule has 1 atom stereocenters. The lowest BCUT2D eigenvalue weighted by atomic mass is 9.89. The van der Waals surface area contributed by atoms with Crippen LogP contribution in [0.3, 0.4) is 0 Å². The van der Waals surface area contributed by atoms with Crippen molar-refractivity contribution < 1.29 is 13.2 Å². The zero-order chi connectivity index (χ0) is 18.6. The number of halogens is 2. The van der Waals surface area contributed by atoms with Gasteiger partial charge in [-0.3, -0.25) is 9.10 Å². The smallest absolute Gasteiger partial charge is 0.243 e. The Morgan fingerprint density at radius 2 is 1.92 bits per heavy atom. The maximum Gasteiger partial charge on any atom is 0.243 e. The Morgan fingerprint density at radius 1 is 1.28 bits per heavy atom. The van der Waals surface area contributed by atoms with E-state index in [-0.39, 0.29) is 16.6 Å². The minimum absolute atomic E-state index is 0.206. The highest BCUT2D eigenvalue weighted by atomic mass is 35.5. The standard InChI is InChI=1S/C17H24Cl2N2O3S/c1-12(17(22)20-11-13-6-4-3-5-7-13)21(25(2,23)24)16-10-14(18)8-9-15(16)19/h8-10,12-13H,3-7,11H2,1-2H3,(H,20,22)/t12-/m1/s1. The van der Waals surface area contributed by atoms with E-state index >= 15 is 0 Å². The maximum absolute atomic E-state index is 12.6. The predicted molar refractivity (Wildman–Crippen MR) is 103 cm³/mol. The summed E-state index contributed by atoms with van der Waals surface area (Å²) in [6.45, 7) is 2.12. The summed E-state index contributed by atoms with van der Waals surface area (Å²) in [5, 5.41) is 3.46. The number of hydrogen-bond acceptors (Lipinski definition) is 3. The van der Waals surface area contributed by atoms with Gasteiger partial charge in [-0.1, -0.05) is 42.5 Å². The van der Waals surface area contributed by atoms with E-state index in [1.807, 2.05) is 0 Å². The van der Waals surface area contributed by atoms with Gasteiger partial charge in [0.15, 0.2) is 0 Å². The van der Waals surface area contributed by atoms with Crippen LogP contribution in [0.4, 0.5) is 5.69 Å². The van der Waals surface area contributed by atoms with Gasteiger partial charge in [-0.15, -0.1) is 0 Å². The van der Waals surface area contributed by atoms with Crippen molar-refractivity contribution in [1.82, 2.24) is 5.32 Å². The van der Waals surface area contributed by atoms with E-state index < -0.39 is 16.1 Å². The summed E-state index contributed by atoms with van der Waals surface area (Å²) < 4.78 is 25.6. The quantitative estimate of drug-likeness (QED) is 0.779. The third-order valence-electron chi connectivity index (χ3n) is 4.52. The highest BCUT2D eigenvalue weighted by molar-refractivity contribution is 7.92. The first-order valence-corrected chi connectivity index (χ1v) is 11.0. The Balaban J connectivity index is 2.16. The second kappa shape index (κ2) is 8.60. The number of anilines is 1. The molecule has 1 saturated carbocycles. The number of sulfonamides is 1. The van der Waals surface area contributed by atoms with E-state index in [1.165, 1.54) is 31.4 Å². The van der Waals surface area contributed by atoms with Crippen LogP contribution in [-0.4, -0.2) is 33.2 Å². The zero-order valence-corrected chi connectivity index (χ0v) is 16.8. The monoisotopic (exact) mass is 406 g/mol. The van der Waals surface area contributed by atoms with Crippen molar-refractivity contribution in [3.63, 3.8) is 0 Å². The maximum atomic E-state index is 12.6. The molecular formula is C17H24Cl2N2O3S. The molecule has 2 rings (SSSR count). The number of benzene rings is 1. The van der Waals surface area contributed by atoms with Gasteiger partial charge in [0.25, 0.3) is 0 Å². The molecule has 0 radical (unpaired) electrons. The third kappa shape index (κ3) is 5.50. The number of carbonyl (C=O) groups excluding carboxylic acids is 1. The van der Waals surface area contributed by atoms with Crippen LogP contribution in [0, 0.1) is 5.92 Å². The van der Waals surface area contributed by atoms with Gasteiger partial charge in [-0.05, 0) is 43.9 Å². The van der Waals surface area contributed by atoms with Gasteiger partial charge in [-0.2, -0.15) is 0 Å².